The van der Waals surface area contributed by atoms with Gasteiger partial charge in [0.25, 0.3) is 5.56 Å². The Balaban J connectivity index is 1.56. The summed E-state index contributed by atoms with van der Waals surface area (Å²) in [6.07, 6.45) is 0.594. The Morgan fingerprint density at radius 2 is 1.77 bits per heavy atom. The van der Waals surface area contributed by atoms with Crippen LogP contribution in [0.25, 0.3) is 22.3 Å². The molecule has 2 aromatic heterocycles. The van der Waals surface area contributed by atoms with E-state index in [-0.39, 0.29) is 55.5 Å². The van der Waals surface area contributed by atoms with Crippen molar-refractivity contribution in [3.8, 4) is 17.1 Å². The van der Waals surface area contributed by atoms with E-state index in [0.717, 1.165) is 28.6 Å². The number of fused-ring (bicyclic) bond motifs is 5. The molecule has 1 amide bonds. The zero-order valence-electron chi connectivity index (χ0n) is 32.0. The van der Waals surface area contributed by atoms with Crippen molar-refractivity contribution in [2.75, 3.05) is 6.54 Å². The number of amides is 1. The number of alkyl carbamates (subject to hydrolysis) is 1. The van der Waals surface area contributed by atoms with Crippen LogP contribution in [0.4, 0.5) is 4.79 Å². The van der Waals surface area contributed by atoms with Crippen molar-refractivity contribution in [3.05, 3.63) is 51.3 Å². The molecule has 0 fully saturated rings. The second kappa shape index (κ2) is 14.1. The number of rotatable bonds is 10. The molecule has 0 spiro atoms. The SMILES string of the molecule is CCC1(OC(=O)CCCNC(=O)OC(C)(C)C)C(=O)OCc2c1cc1n(c2=O)Cc2c-1nc1ccc(OC(C)=O)cc1c2[Si](C)(C)CCC(C)(C)C. The molecule has 0 saturated carbocycles. The minimum atomic E-state index is -2.24. The third-order valence-corrected chi connectivity index (χ3v) is 13.0. The van der Waals surface area contributed by atoms with Gasteiger partial charge in [0.05, 0.1) is 37.1 Å². The van der Waals surface area contributed by atoms with Gasteiger partial charge in [-0.05, 0) is 74.0 Å². The van der Waals surface area contributed by atoms with Crippen molar-refractivity contribution in [1.29, 1.82) is 0 Å². The molecule has 1 N–H and O–H groups in total. The number of aromatic nitrogens is 2. The van der Waals surface area contributed by atoms with E-state index in [4.69, 9.17) is 23.9 Å². The highest BCUT2D eigenvalue weighted by Crippen LogP contribution is 2.42. The van der Waals surface area contributed by atoms with Crippen LogP contribution < -0.4 is 20.8 Å². The highest BCUT2D eigenvalue weighted by atomic mass is 28.3. The Morgan fingerprint density at radius 3 is 2.40 bits per heavy atom. The predicted octanol–water partition coefficient (Wildman–Crippen LogP) is 6.21. The molecule has 1 aromatic carbocycles. The van der Waals surface area contributed by atoms with Crippen LogP contribution in [-0.2, 0) is 47.3 Å². The van der Waals surface area contributed by atoms with Gasteiger partial charge in [0, 0.05) is 30.8 Å². The lowest BCUT2D eigenvalue weighted by Crippen LogP contribution is -2.47. The largest absolute Gasteiger partial charge is 0.457 e. The molecule has 2 aliphatic rings. The van der Waals surface area contributed by atoms with E-state index in [1.54, 1.807) is 44.4 Å². The van der Waals surface area contributed by atoms with Crippen molar-refractivity contribution in [2.24, 2.45) is 5.41 Å². The minimum absolute atomic E-state index is 0.0402. The molecule has 0 saturated heterocycles. The van der Waals surface area contributed by atoms with E-state index in [0.29, 0.717) is 28.2 Å². The summed E-state index contributed by atoms with van der Waals surface area (Å²) in [5.74, 6) is -1.40. The quantitative estimate of drug-likeness (QED) is 0.0655. The molecule has 1 unspecified atom stereocenters. The van der Waals surface area contributed by atoms with Crippen LogP contribution in [0, 0.1) is 5.41 Å². The van der Waals surface area contributed by atoms with Gasteiger partial charge in [-0.3, -0.25) is 14.4 Å². The number of cyclic esters (lactones) is 1. The topological polar surface area (TPSA) is 152 Å². The highest BCUT2D eigenvalue weighted by molar-refractivity contribution is 6.91. The summed E-state index contributed by atoms with van der Waals surface area (Å²) < 4.78 is 23.9. The Hall–Kier alpha value is -4.52. The highest BCUT2D eigenvalue weighted by Gasteiger charge is 2.50. The summed E-state index contributed by atoms with van der Waals surface area (Å²) in [6.45, 7) is 19.8. The van der Waals surface area contributed by atoms with Crippen LogP contribution in [0.3, 0.4) is 0 Å². The summed E-state index contributed by atoms with van der Waals surface area (Å²) in [5, 5.41) is 4.65. The van der Waals surface area contributed by atoms with Crippen LogP contribution in [-0.4, -0.2) is 53.8 Å². The molecule has 0 bridgehead atoms. The van der Waals surface area contributed by atoms with Crippen LogP contribution in [0.1, 0.15) is 97.8 Å². The number of nitrogens with one attached hydrogen (secondary N) is 1. The monoisotopic (exact) mass is 733 g/mol. The number of hydrogen-bond acceptors (Lipinski definition) is 10. The smallest absolute Gasteiger partial charge is 0.407 e. The molecule has 1 atom stereocenters. The normalized spacial score (nSPS) is 16.8. The van der Waals surface area contributed by atoms with E-state index < -0.39 is 43.3 Å². The van der Waals surface area contributed by atoms with E-state index in [1.165, 1.54) is 6.92 Å². The van der Waals surface area contributed by atoms with Crippen molar-refractivity contribution in [2.45, 2.75) is 125 Å². The van der Waals surface area contributed by atoms with Crippen LogP contribution >= 0.6 is 0 Å². The molecule has 52 heavy (non-hydrogen) atoms. The molecule has 0 aliphatic carbocycles. The molecule has 2 aliphatic heterocycles. The maximum atomic E-state index is 14.3. The fourth-order valence-electron chi connectivity index (χ4n) is 7.01. The summed E-state index contributed by atoms with van der Waals surface area (Å²) in [7, 11) is -2.24. The van der Waals surface area contributed by atoms with Crippen molar-refractivity contribution < 1.29 is 38.1 Å². The number of esters is 3. The third-order valence-electron chi connectivity index (χ3n) is 9.58. The zero-order chi connectivity index (χ0) is 38.4. The van der Waals surface area contributed by atoms with Gasteiger partial charge in [-0.25, -0.2) is 14.6 Å². The molecule has 13 heteroatoms. The van der Waals surface area contributed by atoms with Crippen LogP contribution in [0.5, 0.6) is 5.75 Å². The van der Waals surface area contributed by atoms with Gasteiger partial charge in [0.2, 0.25) is 5.60 Å². The second-order valence-electron chi connectivity index (χ2n) is 16.6. The van der Waals surface area contributed by atoms with Gasteiger partial charge in [-0.2, -0.15) is 0 Å². The number of nitrogens with zero attached hydrogens (tertiary/aromatic N) is 2. The van der Waals surface area contributed by atoms with Crippen LogP contribution in [0.2, 0.25) is 19.1 Å². The van der Waals surface area contributed by atoms with Gasteiger partial charge in [0.1, 0.15) is 18.0 Å². The number of hydrogen-bond donors (Lipinski definition) is 1. The number of benzene rings is 1. The number of carbonyl (C=O) groups is 4. The molecule has 3 aromatic rings. The average Bonchev–Trinajstić information content (AvgIpc) is 3.39. The fourth-order valence-corrected chi connectivity index (χ4v) is 10.6. The van der Waals surface area contributed by atoms with E-state index in [2.05, 4.69) is 39.2 Å². The molecule has 0 radical (unpaired) electrons. The lowest BCUT2D eigenvalue weighted by molar-refractivity contribution is -0.189. The number of pyridine rings is 2. The van der Waals surface area contributed by atoms with E-state index in [9.17, 15) is 24.0 Å². The lowest BCUT2D eigenvalue weighted by Gasteiger charge is -2.35. The molecule has 12 nitrogen and oxygen atoms in total. The van der Waals surface area contributed by atoms with Gasteiger partial charge >= 0.3 is 24.0 Å². The fraction of sp³-hybridized carbons (Fsp3) is 0.538. The third kappa shape index (κ3) is 7.94. The Morgan fingerprint density at radius 1 is 1.06 bits per heavy atom. The average molecular weight is 734 g/mol. The first-order chi connectivity index (χ1) is 24.2. The summed E-state index contributed by atoms with van der Waals surface area (Å²) in [5.41, 5.74) is 0.651. The zero-order valence-corrected chi connectivity index (χ0v) is 33.0. The molecular weight excluding hydrogens is 683 g/mol. The first-order valence-electron chi connectivity index (χ1n) is 17.9. The maximum Gasteiger partial charge on any atom is 0.407 e. The first-order valence-corrected chi connectivity index (χ1v) is 21.2. The van der Waals surface area contributed by atoms with E-state index in [1.807, 2.05) is 12.1 Å². The van der Waals surface area contributed by atoms with Crippen molar-refractivity contribution in [1.82, 2.24) is 14.9 Å². The van der Waals surface area contributed by atoms with Crippen LogP contribution in [0.15, 0.2) is 29.1 Å². The van der Waals surface area contributed by atoms with Gasteiger partial charge in [0.15, 0.2) is 0 Å². The molecule has 4 heterocycles. The first kappa shape index (κ1) is 38.7. The summed E-state index contributed by atoms with van der Waals surface area (Å²) >= 11 is 0. The van der Waals surface area contributed by atoms with E-state index >= 15 is 0 Å². The van der Waals surface area contributed by atoms with Gasteiger partial charge in [-0.15, -0.1) is 0 Å². The maximum absolute atomic E-state index is 14.3. The predicted molar refractivity (Wildman–Crippen MR) is 199 cm³/mol. The number of ether oxygens (including phenoxy) is 4. The molecule has 5 rings (SSSR count). The van der Waals surface area contributed by atoms with Crippen molar-refractivity contribution >= 4 is 48.2 Å². The summed E-state index contributed by atoms with van der Waals surface area (Å²) in [4.78, 5) is 70.1. The summed E-state index contributed by atoms with van der Waals surface area (Å²) in [6, 6.07) is 8.17. The standard InChI is InChI=1S/C39H51N3O9Si/c1-11-39(50-31(44)13-12-17-40-36(47)51-38(6,7)8)28-20-30-32-26(21-42(30)34(45)27(28)22-48-35(39)46)33(52(9,10)18-16-37(3,4)5)25-19-24(49-23(2)43)14-15-29(25)41-32/h14-15,19-20H,11-13,16-18,21-22H2,1-10H3,(H,40,47). The molecular formula is C39H51N3O9Si. The Labute approximate surface area is 305 Å². The Kier molecular flexibility index (Phi) is 10.5. The van der Waals surface area contributed by atoms with Crippen molar-refractivity contribution in [3.63, 3.8) is 0 Å². The minimum Gasteiger partial charge on any atom is -0.457 e. The number of carbonyl (C=O) groups excluding carboxylic acids is 4. The second-order valence-corrected chi connectivity index (χ2v) is 21.4. The lowest BCUT2D eigenvalue weighted by atomic mass is 9.85. The molecule has 280 valence electrons. The van der Waals surface area contributed by atoms with Gasteiger partial charge in [-0.1, -0.05) is 53.3 Å². The van der Waals surface area contributed by atoms with Gasteiger partial charge < -0.3 is 28.8 Å². The Bertz CT molecular complexity index is 2000.